The van der Waals surface area contributed by atoms with Gasteiger partial charge in [0, 0.05) is 57.1 Å². The molecule has 216 valence electrons. The van der Waals surface area contributed by atoms with E-state index in [0.717, 1.165) is 21.6 Å². The molecule has 0 aliphatic carbocycles. The van der Waals surface area contributed by atoms with E-state index < -0.39 is 6.36 Å². The predicted molar refractivity (Wildman–Crippen MR) is 153 cm³/mol. The van der Waals surface area contributed by atoms with Gasteiger partial charge >= 0.3 is 6.36 Å². The summed E-state index contributed by atoms with van der Waals surface area (Å²) in [6.07, 6.45) is -1.24. The van der Waals surface area contributed by atoms with Gasteiger partial charge in [-0.3, -0.25) is 9.40 Å². The summed E-state index contributed by atoms with van der Waals surface area (Å²) < 4.78 is 55.0. The molecule has 4 aromatic rings. The number of hydrogen-bond acceptors (Lipinski definition) is 9. The van der Waals surface area contributed by atoms with E-state index in [1.807, 2.05) is 57.2 Å². The van der Waals surface area contributed by atoms with Crippen molar-refractivity contribution in [3.05, 3.63) is 66.0 Å². The highest BCUT2D eigenvalue weighted by molar-refractivity contribution is 8.00. The van der Waals surface area contributed by atoms with Gasteiger partial charge in [-0.2, -0.15) is 10.1 Å². The predicted octanol–water partition coefficient (Wildman–Crippen LogP) is 6.06. The van der Waals surface area contributed by atoms with Crippen LogP contribution in [0.2, 0.25) is 0 Å². The minimum absolute atomic E-state index is 0.237. The van der Waals surface area contributed by atoms with Crippen LogP contribution >= 0.6 is 11.9 Å². The van der Waals surface area contributed by atoms with Crippen LogP contribution in [0, 0.1) is 13.8 Å². The van der Waals surface area contributed by atoms with Gasteiger partial charge in [-0.15, -0.1) is 13.2 Å². The molecule has 1 aliphatic rings. The Morgan fingerprint density at radius 1 is 0.951 bits per heavy atom. The number of ether oxygens (including phenoxy) is 2. The summed E-state index contributed by atoms with van der Waals surface area (Å²) >= 11 is 1.30. The van der Waals surface area contributed by atoms with Crippen LogP contribution in [-0.2, 0) is 7.05 Å². The van der Waals surface area contributed by atoms with Crippen LogP contribution in [0.5, 0.6) is 17.4 Å². The van der Waals surface area contributed by atoms with Crippen LogP contribution in [0.3, 0.4) is 0 Å². The molecule has 1 saturated heterocycles. The van der Waals surface area contributed by atoms with E-state index in [-0.39, 0.29) is 11.6 Å². The Balaban J connectivity index is 1.49. The topological polar surface area (TPSA) is 80.6 Å². The molecule has 1 N–H and O–H groups in total. The third-order valence-corrected chi connectivity index (χ3v) is 7.33. The minimum atomic E-state index is -4.82. The molecular formula is C28H30F3N7O2S. The Bertz CT molecular complexity index is 1500. The number of hydrogen-bond donors (Lipinski definition) is 1. The molecular weight excluding hydrogens is 555 g/mol. The maximum absolute atomic E-state index is 13.2. The smallest absolute Gasteiger partial charge is 0.439 e. The molecule has 0 spiro atoms. The van der Waals surface area contributed by atoms with Crippen LogP contribution in [0.25, 0.3) is 11.3 Å². The Kier molecular flexibility index (Phi) is 8.27. The molecule has 13 heteroatoms. The first kappa shape index (κ1) is 28.6. The first-order valence-corrected chi connectivity index (χ1v) is 13.7. The fourth-order valence-electron chi connectivity index (χ4n) is 4.61. The lowest BCUT2D eigenvalue weighted by atomic mass is 10.00. The van der Waals surface area contributed by atoms with Gasteiger partial charge in [0.15, 0.2) is 5.75 Å². The molecule has 1 aliphatic heterocycles. The van der Waals surface area contributed by atoms with Crippen molar-refractivity contribution in [2.45, 2.75) is 25.1 Å². The summed E-state index contributed by atoms with van der Waals surface area (Å²) in [7, 11) is 3.81. The van der Waals surface area contributed by atoms with Gasteiger partial charge < -0.3 is 19.3 Å². The van der Waals surface area contributed by atoms with E-state index in [4.69, 9.17) is 9.72 Å². The summed E-state index contributed by atoms with van der Waals surface area (Å²) in [6.45, 7) is 6.54. The number of alkyl halides is 3. The number of aromatic nitrogens is 4. The zero-order valence-corrected chi connectivity index (χ0v) is 23.9. The average Bonchev–Trinajstić information content (AvgIpc) is 3.33. The molecule has 0 atom stereocenters. The van der Waals surface area contributed by atoms with Crippen molar-refractivity contribution in [2.75, 3.05) is 42.8 Å². The van der Waals surface area contributed by atoms with E-state index in [9.17, 15) is 13.2 Å². The molecule has 0 saturated carbocycles. The van der Waals surface area contributed by atoms with E-state index in [0.29, 0.717) is 49.3 Å². The van der Waals surface area contributed by atoms with Gasteiger partial charge in [0.2, 0.25) is 11.8 Å². The zero-order valence-electron chi connectivity index (χ0n) is 23.1. The van der Waals surface area contributed by atoms with Crippen LogP contribution < -0.4 is 19.1 Å². The zero-order chi connectivity index (χ0) is 29.1. The van der Waals surface area contributed by atoms with Gasteiger partial charge in [0.05, 0.1) is 22.5 Å². The summed E-state index contributed by atoms with van der Waals surface area (Å²) in [6, 6.07) is 12.0. The number of likely N-dealkylation sites (N-methyl/N-ethyl adjacent to an activating group) is 1. The van der Waals surface area contributed by atoms with E-state index in [1.54, 1.807) is 23.0 Å². The highest BCUT2D eigenvalue weighted by atomic mass is 32.2. The van der Waals surface area contributed by atoms with Gasteiger partial charge in [-0.25, -0.2) is 4.98 Å². The van der Waals surface area contributed by atoms with E-state index in [1.165, 1.54) is 24.1 Å². The fourth-order valence-corrected chi connectivity index (χ4v) is 5.22. The summed E-state index contributed by atoms with van der Waals surface area (Å²) in [5.41, 5.74) is 3.97. The molecule has 0 unspecified atom stereocenters. The minimum Gasteiger partial charge on any atom is -0.439 e. The van der Waals surface area contributed by atoms with E-state index in [2.05, 4.69) is 24.4 Å². The molecule has 41 heavy (non-hydrogen) atoms. The van der Waals surface area contributed by atoms with E-state index >= 15 is 0 Å². The van der Waals surface area contributed by atoms with Crippen molar-refractivity contribution >= 4 is 23.6 Å². The molecule has 5 rings (SSSR count). The molecule has 9 nitrogen and oxygen atoms in total. The highest BCUT2D eigenvalue weighted by Gasteiger charge is 2.33. The second-order valence-electron chi connectivity index (χ2n) is 9.81. The Labute approximate surface area is 240 Å². The van der Waals surface area contributed by atoms with Crippen LogP contribution in [0.15, 0.2) is 59.8 Å². The monoisotopic (exact) mass is 585 g/mol. The first-order valence-electron chi connectivity index (χ1n) is 12.9. The lowest BCUT2D eigenvalue weighted by molar-refractivity contribution is -0.274. The number of anilines is 2. The van der Waals surface area contributed by atoms with Crippen molar-refractivity contribution in [2.24, 2.45) is 7.05 Å². The number of nitrogens with zero attached hydrogens (tertiary/aromatic N) is 6. The second kappa shape index (κ2) is 11.9. The number of piperazine rings is 1. The Morgan fingerprint density at radius 2 is 1.68 bits per heavy atom. The average molecular weight is 586 g/mol. The SMILES string of the molecule is Cc1cccc(C)c1-c1cc(Oc2ccc(OC(F)(F)F)c(N3CCN(C)CC3)c2)nc(NSc2cnn(C)c2)n1. The van der Waals surface area contributed by atoms with Crippen LogP contribution in [0.4, 0.5) is 24.8 Å². The Morgan fingerprint density at radius 3 is 2.34 bits per heavy atom. The maximum atomic E-state index is 13.2. The third kappa shape index (κ3) is 7.22. The fraction of sp³-hybridized carbons (Fsp3) is 0.321. The quantitative estimate of drug-likeness (QED) is 0.248. The molecule has 0 radical (unpaired) electrons. The van der Waals surface area contributed by atoms with Crippen molar-refractivity contribution in [1.29, 1.82) is 0 Å². The summed E-state index contributed by atoms with van der Waals surface area (Å²) in [5.74, 6) is 0.597. The number of benzene rings is 2. The molecule has 3 heterocycles. The molecule has 2 aromatic heterocycles. The number of aryl methyl sites for hydroxylation is 3. The maximum Gasteiger partial charge on any atom is 0.573 e. The largest absolute Gasteiger partial charge is 0.573 e. The first-order chi connectivity index (χ1) is 19.5. The van der Waals surface area contributed by atoms with Gasteiger partial charge in [-0.05, 0) is 56.1 Å². The van der Waals surface area contributed by atoms with Crippen molar-refractivity contribution in [3.8, 4) is 28.6 Å². The lowest BCUT2D eigenvalue weighted by Crippen LogP contribution is -2.44. The third-order valence-electron chi connectivity index (χ3n) is 6.60. The lowest BCUT2D eigenvalue weighted by Gasteiger charge is -2.35. The highest BCUT2D eigenvalue weighted by Crippen LogP contribution is 2.38. The number of nitrogens with one attached hydrogen (secondary N) is 1. The van der Waals surface area contributed by atoms with Crippen molar-refractivity contribution in [1.82, 2.24) is 24.6 Å². The summed E-state index contributed by atoms with van der Waals surface area (Å²) in [5, 5.41) is 4.17. The Hall–Kier alpha value is -3.97. The molecule has 1 fully saturated rings. The summed E-state index contributed by atoms with van der Waals surface area (Å²) in [4.78, 5) is 14.1. The second-order valence-corrected chi connectivity index (χ2v) is 10.7. The normalized spacial score (nSPS) is 14.3. The van der Waals surface area contributed by atoms with Crippen LogP contribution in [-0.4, -0.2) is 64.2 Å². The van der Waals surface area contributed by atoms with Gasteiger partial charge in [0.25, 0.3) is 0 Å². The van der Waals surface area contributed by atoms with Crippen LogP contribution in [0.1, 0.15) is 11.1 Å². The van der Waals surface area contributed by atoms with Gasteiger partial charge in [0.1, 0.15) is 5.75 Å². The number of halogens is 3. The van der Waals surface area contributed by atoms with Gasteiger partial charge in [-0.1, -0.05) is 18.2 Å². The molecule has 0 amide bonds. The molecule has 2 aromatic carbocycles. The molecule has 0 bridgehead atoms. The van der Waals surface area contributed by atoms with Crippen molar-refractivity contribution in [3.63, 3.8) is 0 Å². The standard InChI is InChI=1S/C28H30F3N7O2S/c1-18-6-5-7-19(2)26(18)22-15-25(34-27(33-22)35-41-21-16-32-37(4)17-21)39-20-8-9-24(40-28(29,30)31)23(14-20)38-12-10-36(3)11-13-38/h5-9,14-17H,10-13H2,1-4H3,(H,33,34,35). The van der Waals surface area contributed by atoms with Crippen molar-refractivity contribution < 1.29 is 22.6 Å². The number of rotatable bonds is 8.